The second-order valence-electron chi connectivity index (χ2n) is 18.4. The normalized spacial score (nSPS) is 18.3. The second kappa shape index (κ2) is 18.2. The molecule has 15 nitrogen and oxygen atoms in total. The molecule has 66 heavy (non-hydrogen) atoms. The topological polar surface area (TPSA) is 171 Å². The Hall–Kier alpha value is -6.22. The van der Waals surface area contributed by atoms with Crippen LogP contribution in [0, 0.1) is 5.41 Å². The summed E-state index contributed by atoms with van der Waals surface area (Å²) in [5.41, 5.74) is -2.91. The number of hydrogen-bond donors (Lipinski definition) is 2. The summed E-state index contributed by atoms with van der Waals surface area (Å²) in [5, 5.41) is 18.7. The Labute approximate surface area is 382 Å². The maximum Gasteiger partial charge on any atom is 0.411 e. The highest BCUT2D eigenvalue weighted by molar-refractivity contribution is 6.88. The molecule has 22 heteroatoms. The van der Waals surface area contributed by atoms with Crippen molar-refractivity contribution < 1.29 is 45.8 Å². The molecule has 1 aliphatic carbocycles. The second-order valence-corrected chi connectivity index (χ2v) is 23.9. The van der Waals surface area contributed by atoms with E-state index in [9.17, 15) is 31.5 Å². The van der Waals surface area contributed by atoms with Gasteiger partial charge in [-0.05, 0) is 65.6 Å². The number of guanidine groups is 1. The van der Waals surface area contributed by atoms with E-state index in [1.807, 2.05) is 38.4 Å². The van der Waals surface area contributed by atoms with Crippen LogP contribution < -0.4 is 16.0 Å². The Morgan fingerprint density at radius 2 is 1.70 bits per heavy atom. The maximum absolute atomic E-state index is 15.7. The minimum atomic E-state index is -4.77. The third kappa shape index (κ3) is 10.3. The van der Waals surface area contributed by atoms with Crippen LogP contribution in [-0.4, -0.2) is 91.5 Å². The van der Waals surface area contributed by atoms with Gasteiger partial charge in [-0.3, -0.25) is 14.5 Å². The van der Waals surface area contributed by atoms with Crippen molar-refractivity contribution >= 4 is 48.9 Å². The number of amides is 2. The van der Waals surface area contributed by atoms with Gasteiger partial charge in [-0.25, -0.2) is 32.9 Å². The monoisotopic (exact) mass is 954 g/mol. The van der Waals surface area contributed by atoms with Crippen LogP contribution in [0.2, 0.25) is 24.7 Å². The molecule has 0 radical (unpaired) electrons. The zero-order chi connectivity index (χ0) is 47.8. The molecule has 0 unspecified atom stereocenters. The summed E-state index contributed by atoms with van der Waals surface area (Å²) in [6.07, 6.45) is -7.14. The first-order valence-electron chi connectivity index (χ1n) is 20.9. The summed E-state index contributed by atoms with van der Waals surface area (Å²) in [5.74, 6) is -2.36. The number of ether oxygens (including phenoxy) is 2. The van der Waals surface area contributed by atoms with Crippen LogP contribution in [0.3, 0.4) is 0 Å². The fraction of sp³-hybridized carbons (Fsp3) is 0.409. The Bertz CT molecular complexity index is 2610. The van der Waals surface area contributed by atoms with E-state index in [2.05, 4.69) is 50.3 Å². The van der Waals surface area contributed by atoms with Gasteiger partial charge in [-0.1, -0.05) is 106 Å². The lowest BCUT2D eigenvalue weighted by Crippen LogP contribution is -2.49. The molecule has 0 spiro atoms. The Balaban J connectivity index is 1.34. The quantitative estimate of drug-likeness (QED) is 0.0602. The predicted molar refractivity (Wildman–Crippen MR) is 235 cm³/mol. The number of alkyl halides is 5. The van der Waals surface area contributed by atoms with Crippen molar-refractivity contribution in [3.8, 4) is 11.4 Å². The van der Waals surface area contributed by atoms with Gasteiger partial charge in [-0.2, -0.15) is 18.3 Å². The van der Waals surface area contributed by atoms with E-state index in [0.717, 1.165) is 21.2 Å². The number of hydrogen-bond acceptors (Lipinski definition) is 10. The number of benzene rings is 3. The van der Waals surface area contributed by atoms with Gasteiger partial charge >= 0.3 is 18.2 Å². The highest BCUT2D eigenvalue weighted by atomic mass is 35.5. The van der Waals surface area contributed by atoms with Crippen LogP contribution in [0.1, 0.15) is 75.0 Å². The number of alkyl carbamates (subject to hydrolysis) is 1. The molecule has 1 aliphatic heterocycles. The number of nitrogens with one attached hydrogen (secondary N) is 2. The molecule has 7 rings (SSSR count). The average molecular weight is 955 g/mol. The number of esters is 1. The maximum atomic E-state index is 15.7. The molecule has 2 amide bonds. The smallest absolute Gasteiger partial charge is 0.411 e. The fourth-order valence-electron chi connectivity index (χ4n) is 7.57. The van der Waals surface area contributed by atoms with Crippen molar-refractivity contribution in [1.82, 2.24) is 45.3 Å². The van der Waals surface area contributed by atoms with Gasteiger partial charge in [0, 0.05) is 6.20 Å². The third-order valence-electron chi connectivity index (χ3n) is 11.1. The zero-order valence-electron chi connectivity index (χ0n) is 36.9. The molecule has 2 aromatic heterocycles. The third-order valence-corrected chi connectivity index (χ3v) is 13.2. The molecular formula is C44H48ClF5N10O5Si. The molecule has 3 aromatic carbocycles. The minimum absolute atomic E-state index is 0.0585. The fourth-order valence-corrected chi connectivity index (χ4v) is 8.63. The van der Waals surface area contributed by atoms with E-state index < -0.39 is 80.2 Å². The number of carbonyl (C=O) groups excluding carboxylic acids is 3. The van der Waals surface area contributed by atoms with Crippen molar-refractivity contribution in [2.45, 2.75) is 96.0 Å². The highest BCUT2D eigenvalue weighted by Gasteiger charge is 2.65. The van der Waals surface area contributed by atoms with Gasteiger partial charge in [0.1, 0.15) is 45.2 Å². The van der Waals surface area contributed by atoms with E-state index in [1.54, 1.807) is 53.2 Å². The number of carbonyl (C=O) groups is 3. The first-order chi connectivity index (χ1) is 31.0. The summed E-state index contributed by atoms with van der Waals surface area (Å²) in [6.45, 7) is 10.7. The molecule has 0 bridgehead atoms. The molecule has 1 saturated heterocycles. The molecule has 2 atom stereocenters. The standard InChI is InChI=1S/C44H48ClF5N10O5Si/c1-41(2,3)25-43(29-13-15-30(16-14-29)58-22-34(56-57-58)66(4,5)6)38(62)59(39(54-43)51-21-35(61)64-23-27-10-8-7-9-11-27)33(24-65-40(63)55-42(18-19-42)44(48,49)50)28-12-17-31(45)32(20-28)60-37(36(46)47)52-26-53-60/h7-17,20,22,26,33,36H,18-19,21,23-25H2,1-6H3,(H,51,54)(H,55,63)/t33-,43-/m1/s1. The van der Waals surface area contributed by atoms with Crippen LogP contribution in [0.15, 0.2) is 90.3 Å². The van der Waals surface area contributed by atoms with Gasteiger partial charge in [0.2, 0.25) is 5.96 Å². The molecular weight excluding hydrogens is 907 g/mol. The van der Waals surface area contributed by atoms with Crippen LogP contribution in [0.25, 0.3) is 11.4 Å². The van der Waals surface area contributed by atoms with Crippen LogP contribution in [0.4, 0.5) is 26.7 Å². The number of aromatic nitrogens is 6. The molecule has 2 aliphatic rings. The van der Waals surface area contributed by atoms with E-state index in [0.29, 0.717) is 16.8 Å². The number of rotatable bonds is 15. The zero-order valence-corrected chi connectivity index (χ0v) is 38.6. The molecule has 3 heterocycles. The molecule has 2 fully saturated rings. The number of halogens is 6. The number of nitrogens with zero attached hydrogens (tertiary/aromatic N) is 8. The van der Waals surface area contributed by atoms with Crippen molar-refractivity contribution in [2.75, 3.05) is 13.2 Å². The largest absolute Gasteiger partial charge is 0.459 e. The lowest BCUT2D eigenvalue weighted by Gasteiger charge is -2.35. The first kappa shape index (κ1) is 47.7. The van der Waals surface area contributed by atoms with Crippen LogP contribution in [0.5, 0.6) is 0 Å². The molecule has 350 valence electrons. The summed E-state index contributed by atoms with van der Waals surface area (Å²) < 4.78 is 83.6. The molecule has 5 aromatic rings. The van der Waals surface area contributed by atoms with Crippen LogP contribution >= 0.6 is 11.6 Å². The molecule has 2 N–H and O–H groups in total. The lowest BCUT2D eigenvalue weighted by molar-refractivity contribution is -0.164. The Morgan fingerprint density at radius 3 is 2.30 bits per heavy atom. The summed E-state index contributed by atoms with van der Waals surface area (Å²) >= 11 is 6.56. The summed E-state index contributed by atoms with van der Waals surface area (Å²) in [4.78, 5) is 51.6. The predicted octanol–water partition coefficient (Wildman–Crippen LogP) is 7.71. The van der Waals surface area contributed by atoms with Crippen molar-refractivity contribution in [3.63, 3.8) is 0 Å². The van der Waals surface area contributed by atoms with Crippen LogP contribution in [-0.2, 0) is 31.2 Å². The number of aliphatic imine (C=N–C) groups is 1. The van der Waals surface area contributed by atoms with Crippen molar-refractivity contribution in [3.05, 3.63) is 113 Å². The van der Waals surface area contributed by atoms with E-state index in [-0.39, 0.29) is 48.1 Å². The van der Waals surface area contributed by atoms with Gasteiger partial charge in [-0.15, -0.1) is 5.10 Å². The summed E-state index contributed by atoms with van der Waals surface area (Å²) in [7, 11) is -1.82. The van der Waals surface area contributed by atoms with E-state index in [1.165, 1.54) is 18.2 Å². The molecule has 1 saturated carbocycles. The van der Waals surface area contributed by atoms with E-state index in [4.69, 9.17) is 21.1 Å². The average Bonchev–Trinajstić information content (AvgIpc) is 3.55. The lowest BCUT2D eigenvalue weighted by atomic mass is 9.75. The minimum Gasteiger partial charge on any atom is -0.459 e. The Morgan fingerprint density at radius 1 is 1.00 bits per heavy atom. The van der Waals surface area contributed by atoms with Crippen molar-refractivity contribution in [1.29, 1.82) is 0 Å². The Kier molecular flexibility index (Phi) is 13.2. The van der Waals surface area contributed by atoms with Crippen molar-refractivity contribution in [2.24, 2.45) is 10.4 Å². The highest BCUT2D eigenvalue weighted by Crippen LogP contribution is 2.49. The first-order valence-corrected chi connectivity index (χ1v) is 24.8. The summed E-state index contributed by atoms with van der Waals surface area (Å²) in [6, 6.07) is 18.5. The van der Waals surface area contributed by atoms with E-state index >= 15 is 4.79 Å². The van der Waals surface area contributed by atoms with Gasteiger partial charge in [0.05, 0.1) is 27.8 Å². The van der Waals surface area contributed by atoms with Gasteiger partial charge in [0.25, 0.3) is 12.3 Å². The van der Waals surface area contributed by atoms with Gasteiger partial charge < -0.3 is 20.1 Å². The SMILES string of the molecule is CC(C)(C)C[C@]1(c2ccc(-n3cc([Si](C)(C)C)nn3)cc2)NC(=NCC(=O)OCc2ccccc2)N([C@H](COC(=O)NC2(C(F)(F)F)CC2)c2ccc(Cl)c(-n3ncnc3C(F)F)c2)C1=O. The van der Waals surface area contributed by atoms with Gasteiger partial charge in [0.15, 0.2) is 5.82 Å².